The summed E-state index contributed by atoms with van der Waals surface area (Å²) in [4.78, 5) is 52.1. The van der Waals surface area contributed by atoms with Crippen LogP contribution in [-0.2, 0) is 30.2 Å². The van der Waals surface area contributed by atoms with Crippen molar-refractivity contribution in [3.05, 3.63) is 89.5 Å². The summed E-state index contributed by atoms with van der Waals surface area (Å²) in [6.45, 7) is 14.5. The molecule has 262 valence electrons. The van der Waals surface area contributed by atoms with E-state index in [9.17, 15) is 19.2 Å². The van der Waals surface area contributed by atoms with Crippen molar-refractivity contribution in [2.75, 3.05) is 11.9 Å². The van der Waals surface area contributed by atoms with E-state index in [1.807, 2.05) is 38.1 Å². The zero-order valence-corrected chi connectivity index (χ0v) is 29.7. The number of nitrogens with one attached hydrogen (secondary N) is 3. The van der Waals surface area contributed by atoms with Gasteiger partial charge in [-0.25, -0.2) is 14.4 Å². The molecular formula is C39H49N3O7. The zero-order valence-electron chi connectivity index (χ0n) is 29.7. The third-order valence-electron chi connectivity index (χ3n) is 7.71. The monoisotopic (exact) mass is 671 g/mol. The Morgan fingerprint density at radius 3 is 1.78 bits per heavy atom. The van der Waals surface area contributed by atoms with Crippen LogP contribution in [0.1, 0.15) is 84.4 Å². The van der Waals surface area contributed by atoms with E-state index in [1.54, 1.807) is 65.8 Å². The number of alkyl carbamates (subject to hydrolysis) is 1. The lowest BCUT2D eigenvalue weighted by Crippen LogP contribution is -2.54. The first-order chi connectivity index (χ1) is 23.0. The number of amides is 3. The molecule has 3 N–H and O–H groups in total. The highest BCUT2D eigenvalue weighted by atomic mass is 16.6. The smallest absolute Gasteiger partial charge is 0.411 e. The molecule has 3 amide bonds. The summed E-state index contributed by atoms with van der Waals surface area (Å²) in [6.07, 6.45) is -0.898. The van der Waals surface area contributed by atoms with Gasteiger partial charge >= 0.3 is 18.2 Å². The number of carbonyl (C=O) groups excluding carboxylic acids is 4. The maximum Gasteiger partial charge on any atom is 0.411 e. The lowest BCUT2D eigenvalue weighted by atomic mass is 9.98. The first-order valence-corrected chi connectivity index (χ1v) is 16.7. The minimum atomic E-state index is -1.06. The highest BCUT2D eigenvalue weighted by Crippen LogP contribution is 2.44. The summed E-state index contributed by atoms with van der Waals surface area (Å²) in [5.74, 6) is -1.07. The molecule has 0 spiro atoms. The van der Waals surface area contributed by atoms with Crippen molar-refractivity contribution in [1.82, 2.24) is 10.6 Å². The molecule has 4 rings (SSSR count). The molecular weight excluding hydrogens is 622 g/mol. The number of esters is 1. The molecule has 3 aromatic carbocycles. The minimum Gasteiger partial charge on any atom is -0.458 e. The van der Waals surface area contributed by atoms with Crippen LogP contribution in [0, 0.1) is 5.92 Å². The molecule has 0 heterocycles. The van der Waals surface area contributed by atoms with Gasteiger partial charge in [-0.1, -0.05) is 74.5 Å². The van der Waals surface area contributed by atoms with Crippen molar-refractivity contribution in [3.8, 4) is 11.1 Å². The second-order valence-electron chi connectivity index (χ2n) is 14.8. The number of hydrogen-bond acceptors (Lipinski definition) is 7. The Kier molecular flexibility index (Phi) is 11.7. The molecule has 1 aliphatic carbocycles. The molecule has 10 nitrogen and oxygen atoms in total. The molecule has 0 bridgehead atoms. The fourth-order valence-electron chi connectivity index (χ4n) is 5.70. The molecule has 1 aliphatic rings. The van der Waals surface area contributed by atoms with Crippen LogP contribution in [0.4, 0.5) is 15.3 Å². The van der Waals surface area contributed by atoms with Gasteiger partial charge < -0.3 is 24.8 Å². The van der Waals surface area contributed by atoms with Crippen molar-refractivity contribution in [1.29, 1.82) is 0 Å². The van der Waals surface area contributed by atoms with E-state index in [4.69, 9.17) is 14.2 Å². The molecule has 0 unspecified atom stereocenters. The predicted molar refractivity (Wildman–Crippen MR) is 189 cm³/mol. The fraction of sp³-hybridized carbons (Fsp3) is 0.436. The lowest BCUT2D eigenvalue weighted by molar-refractivity contribution is -0.159. The summed E-state index contributed by atoms with van der Waals surface area (Å²) >= 11 is 0. The van der Waals surface area contributed by atoms with Crippen molar-refractivity contribution in [3.63, 3.8) is 0 Å². The van der Waals surface area contributed by atoms with Crippen molar-refractivity contribution in [2.24, 2.45) is 5.92 Å². The van der Waals surface area contributed by atoms with Crippen LogP contribution in [-0.4, -0.2) is 54.0 Å². The standard InChI is InChI=1S/C39H49N3O7/c1-24(2)21-33(35(44)48-38(3,4)5)41-34(43)32(42-37(46)49-39(6,7)8)22-25-17-19-26(20-18-25)40-36(45)47-23-31-29-15-11-9-13-27(29)28-14-10-12-16-30(28)31/h9-20,24,31-33H,21-23H2,1-8H3,(H,40,45)(H,41,43)(H,42,46)/t32-,33-/m0/s1. The maximum atomic E-state index is 13.6. The summed E-state index contributed by atoms with van der Waals surface area (Å²) in [5, 5.41) is 8.21. The first-order valence-electron chi connectivity index (χ1n) is 16.7. The Balaban J connectivity index is 1.41. The number of carbonyl (C=O) groups is 4. The van der Waals surface area contributed by atoms with Crippen LogP contribution in [0.5, 0.6) is 0 Å². The third-order valence-corrected chi connectivity index (χ3v) is 7.71. The van der Waals surface area contributed by atoms with E-state index < -0.39 is 47.3 Å². The average Bonchev–Trinajstić information content (AvgIpc) is 3.32. The highest BCUT2D eigenvalue weighted by molar-refractivity contribution is 5.90. The van der Waals surface area contributed by atoms with Crippen LogP contribution in [0.15, 0.2) is 72.8 Å². The van der Waals surface area contributed by atoms with Crippen LogP contribution < -0.4 is 16.0 Å². The quantitative estimate of drug-likeness (QED) is 0.143. The van der Waals surface area contributed by atoms with Crippen molar-refractivity contribution in [2.45, 2.75) is 97.4 Å². The van der Waals surface area contributed by atoms with Crippen LogP contribution >= 0.6 is 0 Å². The Morgan fingerprint density at radius 2 is 1.24 bits per heavy atom. The highest BCUT2D eigenvalue weighted by Gasteiger charge is 2.32. The third kappa shape index (κ3) is 10.8. The molecule has 0 saturated heterocycles. The van der Waals surface area contributed by atoms with Crippen molar-refractivity contribution < 1.29 is 33.4 Å². The summed E-state index contributed by atoms with van der Waals surface area (Å²) in [7, 11) is 0. The Labute approximate surface area is 289 Å². The normalized spacial score (nSPS) is 13.8. The second kappa shape index (κ2) is 15.6. The van der Waals surface area contributed by atoms with Gasteiger partial charge in [-0.2, -0.15) is 0 Å². The van der Waals surface area contributed by atoms with E-state index in [0.717, 1.165) is 22.3 Å². The van der Waals surface area contributed by atoms with E-state index in [2.05, 4.69) is 40.2 Å². The molecule has 0 saturated carbocycles. The van der Waals surface area contributed by atoms with Crippen molar-refractivity contribution >= 4 is 29.8 Å². The Bertz CT molecular complexity index is 1590. The zero-order chi connectivity index (χ0) is 35.9. The Morgan fingerprint density at radius 1 is 0.694 bits per heavy atom. The number of anilines is 1. The van der Waals surface area contributed by atoms with Gasteiger partial charge in [-0.15, -0.1) is 0 Å². The topological polar surface area (TPSA) is 132 Å². The van der Waals surface area contributed by atoms with Gasteiger partial charge in [0.1, 0.15) is 29.9 Å². The fourth-order valence-corrected chi connectivity index (χ4v) is 5.70. The Hall–Kier alpha value is -4.86. The van der Waals surface area contributed by atoms with Gasteiger partial charge in [-0.3, -0.25) is 10.1 Å². The molecule has 0 radical (unpaired) electrons. The number of benzene rings is 3. The predicted octanol–water partition coefficient (Wildman–Crippen LogP) is 7.36. The molecule has 10 heteroatoms. The molecule has 3 aromatic rings. The van der Waals surface area contributed by atoms with E-state index in [0.29, 0.717) is 17.7 Å². The molecule has 0 fully saturated rings. The van der Waals surface area contributed by atoms with Gasteiger partial charge in [0.15, 0.2) is 0 Å². The van der Waals surface area contributed by atoms with E-state index in [1.165, 1.54) is 0 Å². The van der Waals surface area contributed by atoms with Gasteiger partial charge in [0.05, 0.1) is 0 Å². The molecule has 0 aliphatic heterocycles. The summed E-state index contributed by atoms with van der Waals surface area (Å²) < 4.78 is 16.6. The van der Waals surface area contributed by atoms with Gasteiger partial charge in [-0.05, 0) is 93.8 Å². The SMILES string of the molecule is CC(C)C[C@H](NC(=O)[C@H](Cc1ccc(NC(=O)OCC2c3ccccc3-c3ccccc32)cc1)NC(=O)OC(C)(C)C)C(=O)OC(C)(C)C. The van der Waals surface area contributed by atoms with Crippen LogP contribution in [0.25, 0.3) is 11.1 Å². The van der Waals surface area contributed by atoms with Gasteiger partial charge in [0.2, 0.25) is 5.91 Å². The van der Waals surface area contributed by atoms with Crippen LogP contribution in [0.2, 0.25) is 0 Å². The number of fused-ring (bicyclic) bond motifs is 3. The van der Waals surface area contributed by atoms with E-state index >= 15 is 0 Å². The second-order valence-corrected chi connectivity index (χ2v) is 14.8. The summed E-state index contributed by atoms with van der Waals surface area (Å²) in [6, 6.07) is 21.2. The average molecular weight is 672 g/mol. The molecule has 49 heavy (non-hydrogen) atoms. The largest absolute Gasteiger partial charge is 0.458 e. The van der Waals surface area contributed by atoms with Crippen LogP contribution in [0.3, 0.4) is 0 Å². The lowest BCUT2D eigenvalue weighted by Gasteiger charge is -2.28. The van der Waals surface area contributed by atoms with Gasteiger partial charge in [0.25, 0.3) is 0 Å². The molecule has 2 atom stereocenters. The number of rotatable bonds is 11. The summed E-state index contributed by atoms with van der Waals surface area (Å²) in [5.41, 5.74) is 4.24. The minimum absolute atomic E-state index is 0.0588. The maximum absolute atomic E-state index is 13.6. The molecule has 0 aromatic heterocycles. The van der Waals surface area contributed by atoms with Gasteiger partial charge in [0, 0.05) is 18.0 Å². The first kappa shape index (κ1) is 37.0. The van der Waals surface area contributed by atoms with E-state index in [-0.39, 0.29) is 24.9 Å². The number of ether oxygens (including phenoxy) is 3. The number of hydrogen-bond donors (Lipinski definition) is 3.